The summed E-state index contributed by atoms with van der Waals surface area (Å²) in [6, 6.07) is 9.28. The third kappa shape index (κ3) is 3.36. The van der Waals surface area contributed by atoms with Gasteiger partial charge in [-0.15, -0.1) is 0 Å². The molecule has 0 heterocycles. The predicted octanol–water partition coefficient (Wildman–Crippen LogP) is 3.41. The second-order valence-electron chi connectivity index (χ2n) is 6.19. The van der Waals surface area contributed by atoms with E-state index in [9.17, 15) is 9.65 Å². The number of halogens is 1. The number of ether oxygens (including phenoxy) is 1. The molecule has 3 rings (SSSR count). The molecule has 2 aliphatic carbocycles. The highest BCUT2D eigenvalue weighted by molar-refractivity contribution is 5.22. The first-order valence-corrected chi connectivity index (χ1v) is 7.79. The molecule has 1 aromatic carbocycles. The fraction of sp³-hybridized carbons (Fsp3) is 0.588. The van der Waals surface area contributed by atoms with E-state index in [0.29, 0.717) is 24.3 Å². The molecule has 112 valence electrons. The number of hydrogen-bond donors (Lipinski definition) is 1. The highest BCUT2D eigenvalue weighted by atomic mass is 19.1. The van der Waals surface area contributed by atoms with Crippen molar-refractivity contribution in [1.82, 2.24) is 5.32 Å². The molecular weight excluding hydrogens is 267 g/mol. The second kappa shape index (κ2) is 6.03. The molecule has 0 spiro atoms. The van der Waals surface area contributed by atoms with E-state index in [4.69, 9.17) is 4.74 Å². The van der Waals surface area contributed by atoms with Crippen LogP contribution >= 0.6 is 0 Å². The molecule has 4 heteroatoms. The lowest BCUT2D eigenvalue weighted by Crippen LogP contribution is -2.48. The van der Waals surface area contributed by atoms with Crippen LogP contribution in [0.4, 0.5) is 4.39 Å². The highest BCUT2D eigenvalue weighted by Crippen LogP contribution is 2.40. The Labute approximate surface area is 125 Å². The van der Waals surface area contributed by atoms with E-state index in [1.165, 1.54) is 25.0 Å². The van der Waals surface area contributed by atoms with Crippen LogP contribution in [0.2, 0.25) is 0 Å². The van der Waals surface area contributed by atoms with E-state index >= 15 is 0 Å². The van der Waals surface area contributed by atoms with Crippen molar-refractivity contribution in [3.8, 4) is 11.8 Å². The van der Waals surface area contributed by atoms with Crippen LogP contribution in [0.3, 0.4) is 0 Å². The molecule has 1 aromatic rings. The summed E-state index contributed by atoms with van der Waals surface area (Å²) in [5, 5.41) is 13.2. The van der Waals surface area contributed by atoms with Gasteiger partial charge in [0, 0.05) is 12.1 Å². The molecular formula is C17H21FN2O. The van der Waals surface area contributed by atoms with Gasteiger partial charge in [0.05, 0.1) is 12.7 Å². The maximum absolute atomic E-state index is 13.1. The molecule has 1 N–H and O–H groups in total. The summed E-state index contributed by atoms with van der Waals surface area (Å²) in [4.78, 5) is 0. The zero-order valence-electron chi connectivity index (χ0n) is 12.1. The molecule has 21 heavy (non-hydrogen) atoms. The van der Waals surface area contributed by atoms with Crippen molar-refractivity contribution >= 4 is 0 Å². The quantitative estimate of drug-likeness (QED) is 0.872. The summed E-state index contributed by atoms with van der Waals surface area (Å²) < 4.78 is 18.7. The van der Waals surface area contributed by atoms with Gasteiger partial charge in [0.1, 0.15) is 17.1 Å². The number of nitrogens with one attached hydrogen (secondary N) is 1. The summed E-state index contributed by atoms with van der Waals surface area (Å²) in [7, 11) is 0. The molecule has 0 radical (unpaired) electrons. The minimum atomic E-state index is -0.369. The lowest BCUT2D eigenvalue weighted by molar-refractivity contribution is 0.231. The van der Waals surface area contributed by atoms with Gasteiger partial charge in [-0.25, -0.2) is 4.39 Å². The number of hydrogen-bond acceptors (Lipinski definition) is 3. The molecule has 2 fully saturated rings. The SMILES string of the molecule is N#CC1(NC2CC2)CCCC1CCOc1cccc(F)c1. The molecule has 3 nitrogen and oxygen atoms in total. The van der Waals surface area contributed by atoms with Gasteiger partial charge in [-0.05, 0) is 50.2 Å². The van der Waals surface area contributed by atoms with Crippen LogP contribution in [0.1, 0.15) is 38.5 Å². The van der Waals surface area contributed by atoms with Crippen molar-refractivity contribution in [3.63, 3.8) is 0 Å². The molecule has 0 saturated heterocycles. The van der Waals surface area contributed by atoms with Crippen LogP contribution in [0, 0.1) is 23.1 Å². The Bertz CT molecular complexity index is 538. The van der Waals surface area contributed by atoms with Crippen molar-refractivity contribution in [1.29, 1.82) is 5.26 Å². The Morgan fingerprint density at radius 1 is 1.38 bits per heavy atom. The highest BCUT2D eigenvalue weighted by Gasteiger charge is 2.45. The Morgan fingerprint density at radius 3 is 2.95 bits per heavy atom. The molecule has 0 aliphatic heterocycles. The van der Waals surface area contributed by atoms with Crippen molar-refractivity contribution in [2.24, 2.45) is 5.92 Å². The normalized spacial score (nSPS) is 28.3. The average Bonchev–Trinajstić information content (AvgIpc) is 3.20. The first kappa shape index (κ1) is 14.3. The van der Waals surface area contributed by atoms with Crippen LogP contribution in [0.5, 0.6) is 5.75 Å². The third-order valence-corrected chi connectivity index (χ3v) is 4.59. The van der Waals surface area contributed by atoms with Gasteiger partial charge < -0.3 is 4.74 Å². The van der Waals surface area contributed by atoms with Crippen molar-refractivity contribution in [3.05, 3.63) is 30.1 Å². The van der Waals surface area contributed by atoms with Crippen molar-refractivity contribution in [2.45, 2.75) is 50.1 Å². The Hall–Kier alpha value is -1.60. The number of rotatable bonds is 6. The van der Waals surface area contributed by atoms with Gasteiger partial charge in [-0.3, -0.25) is 5.32 Å². The second-order valence-corrected chi connectivity index (χ2v) is 6.19. The van der Waals surface area contributed by atoms with Gasteiger partial charge in [0.15, 0.2) is 0 Å². The van der Waals surface area contributed by atoms with E-state index in [1.54, 1.807) is 12.1 Å². The van der Waals surface area contributed by atoms with Crippen LogP contribution < -0.4 is 10.1 Å². The molecule has 0 aromatic heterocycles. The van der Waals surface area contributed by atoms with Crippen molar-refractivity contribution < 1.29 is 9.13 Å². The van der Waals surface area contributed by atoms with Gasteiger partial charge in [-0.1, -0.05) is 12.5 Å². The first-order valence-electron chi connectivity index (χ1n) is 7.79. The molecule has 0 amide bonds. The lowest BCUT2D eigenvalue weighted by Gasteiger charge is -2.30. The van der Waals surface area contributed by atoms with Gasteiger partial charge in [0.2, 0.25) is 0 Å². The fourth-order valence-electron chi connectivity index (χ4n) is 3.31. The minimum absolute atomic E-state index is 0.282. The average molecular weight is 288 g/mol. The maximum Gasteiger partial charge on any atom is 0.126 e. The van der Waals surface area contributed by atoms with Gasteiger partial charge >= 0.3 is 0 Å². The number of benzene rings is 1. The van der Waals surface area contributed by atoms with Crippen LogP contribution in [0.25, 0.3) is 0 Å². The topological polar surface area (TPSA) is 45.0 Å². The van der Waals surface area contributed by atoms with Crippen LogP contribution in [0.15, 0.2) is 24.3 Å². The van der Waals surface area contributed by atoms with Gasteiger partial charge in [-0.2, -0.15) is 5.26 Å². The van der Waals surface area contributed by atoms with E-state index in [2.05, 4.69) is 11.4 Å². The van der Waals surface area contributed by atoms with Gasteiger partial charge in [0.25, 0.3) is 0 Å². The number of nitriles is 1. The molecule has 0 bridgehead atoms. The van der Waals surface area contributed by atoms with Crippen LogP contribution in [-0.4, -0.2) is 18.2 Å². The first-order chi connectivity index (χ1) is 10.2. The summed E-state index contributed by atoms with van der Waals surface area (Å²) in [6.07, 6.45) is 6.32. The minimum Gasteiger partial charge on any atom is -0.493 e. The van der Waals surface area contributed by atoms with E-state index in [1.807, 2.05) is 0 Å². The summed E-state index contributed by atoms with van der Waals surface area (Å²) in [5.41, 5.74) is -0.369. The van der Waals surface area contributed by atoms with Crippen LogP contribution in [-0.2, 0) is 0 Å². The molecule has 2 saturated carbocycles. The predicted molar refractivity (Wildman–Crippen MR) is 78.4 cm³/mol. The number of nitrogens with zero attached hydrogens (tertiary/aromatic N) is 1. The summed E-state index contributed by atoms with van der Waals surface area (Å²) >= 11 is 0. The smallest absolute Gasteiger partial charge is 0.126 e. The Morgan fingerprint density at radius 2 is 2.24 bits per heavy atom. The zero-order valence-corrected chi connectivity index (χ0v) is 12.1. The fourth-order valence-corrected chi connectivity index (χ4v) is 3.31. The zero-order chi connectivity index (χ0) is 14.7. The van der Waals surface area contributed by atoms with E-state index < -0.39 is 0 Å². The molecule has 2 unspecified atom stereocenters. The van der Waals surface area contributed by atoms with E-state index in [-0.39, 0.29) is 11.4 Å². The molecule has 2 atom stereocenters. The summed E-state index contributed by atoms with van der Waals surface area (Å²) in [6.45, 7) is 0.532. The lowest BCUT2D eigenvalue weighted by atomic mass is 9.86. The van der Waals surface area contributed by atoms with Crippen molar-refractivity contribution in [2.75, 3.05) is 6.61 Å². The largest absolute Gasteiger partial charge is 0.493 e. The maximum atomic E-state index is 13.1. The standard InChI is InChI=1S/C17H21FN2O/c18-14-4-1-5-16(11-14)21-10-8-13-3-2-9-17(13,12-19)20-15-6-7-15/h1,4-5,11,13,15,20H,2-3,6-10H2. The Balaban J connectivity index is 1.55. The monoisotopic (exact) mass is 288 g/mol. The Kier molecular flexibility index (Phi) is 4.12. The van der Waals surface area contributed by atoms with E-state index in [0.717, 1.165) is 25.7 Å². The third-order valence-electron chi connectivity index (χ3n) is 4.59. The molecule has 2 aliphatic rings. The summed E-state index contributed by atoms with van der Waals surface area (Å²) in [5.74, 6) is 0.609.